The number of hydrogen-bond donors (Lipinski definition) is 1. The van der Waals surface area contributed by atoms with Crippen LogP contribution in [0.3, 0.4) is 0 Å². The van der Waals surface area contributed by atoms with Gasteiger partial charge in [-0.25, -0.2) is 13.2 Å². The van der Waals surface area contributed by atoms with E-state index < -0.39 is 16.0 Å². The van der Waals surface area contributed by atoms with Gasteiger partial charge in [-0.15, -0.1) is 12.4 Å². The molecule has 2 aliphatic heterocycles. The lowest BCUT2D eigenvalue weighted by Gasteiger charge is -2.24. The molecule has 2 unspecified atom stereocenters. The molecule has 2 atom stereocenters. The summed E-state index contributed by atoms with van der Waals surface area (Å²) in [5.74, 6) is -0.517. The lowest BCUT2D eigenvalue weighted by atomic mass is 10.1. The van der Waals surface area contributed by atoms with Gasteiger partial charge in [0.2, 0.25) is 10.0 Å². The predicted molar refractivity (Wildman–Crippen MR) is 93.1 cm³/mol. The van der Waals surface area contributed by atoms with Crippen molar-refractivity contribution < 1.29 is 17.9 Å². The molecule has 0 amide bonds. The summed E-state index contributed by atoms with van der Waals surface area (Å²) in [6.07, 6.45) is 2.96. The van der Waals surface area contributed by atoms with Gasteiger partial charge in [-0.05, 0) is 43.9 Å². The summed E-state index contributed by atoms with van der Waals surface area (Å²) in [5, 5.41) is 3.48. The maximum atomic E-state index is 13.0. The van der Waals surface area contributed by atoms with Crippen LogP contribution in [0.2, 0.25) is 0 Å². The van der Waals surface area contributed by atoms with Crippen molar-refractivity contribution in [3.8, 4) is 0 Å². The molecule has 0 aliphatic carbocycles. The number of sulfonamides is 1. The second-order valence-electron chi connectivity index (χ2n) is 6.21. The molecule has 0 radical (unpaired) electrons. The highest BCUT2D eigenvalue weighted by atomic mass is 35.5. The SMILES string of the molecule is COC(=O)c1cccc(S(=O)(=O)N2CCC3CCC(C2)N3)c1C.Cl. The van der Waals surface area contributed by atoms with Crippen LogP contribution < -0.4 is 5.32 Å². The molecule has 8 heteroatoms. The van der Waals surface area contributed by atoms with Gasteiger partial charge in [0.25, 0.3) is 0 Å². The van der Waals surface area contributed by atoms with E-state index in [1.807, 2.05) is 0 Å². The Morgan fingerprint density at radius 2 is 1.96 bits per heavy atom. The molecule has 2 bridgehead atoms. The van der Waals surface area contributed by atoms with Gasteiger partial charge in [0.15, 0.2) is 0 Å². The maximum absolute atomic E-state index is 13.0. The van der Waals surface area contributed by atoms with Crippen molar-refractivity contribution in [2.75, 3.05) is 20.2 Å². The van der Waals surface area contributed by atoms with Gasteiger partial charge < -0.3 is 10.1 Å². The molecule has 1 aromatic rings. The Hall–Kier alpha value is -1.15. The fraction of sp³-hybridized carbons (Fsp3) is 0.562. The standard InChI is InChI=1S/C16H22N2O4S.ClH/c1-11-14(16(19)22-2)4-3-5-15(11)23(20,21)18-9-8-12-6-7-13(10-18)17-12;/h3-5,12-13,17H,6-10H2,1-2H3;1H. The minimum Gasteiger partial charge on any atom is -0.465 e. The van der Waals surface area contributed by atoms with Crippen LogP contribution in [0, 0.1) is 6.92 Å². The van der Waals surface area contributed by atoms with Crippen molar-refractivity contribution in [2.24, 2.45) is 0 Å². The van der Waals surface area contributed by atoms with Crippen LogP contribution >= 0.6 is 12.4 Å². The Morgan fingerprint density at radius 1 is 1.25 bits per heavy atom. The van der Waals surface area contributed by atoms with Gasteiger partial charge in [-0.3, -0.25) is 0 Å². The van der Waals surface area contributed by atoms with Crippen molar-refractivity contribution >= 4 is 28.4 Å². The largest absolute Gasteiger partial charge is 0.465 e. The molecule has 2 heterocycles. The van der Waals surface area contributed by atoms with Crippen LogP contribution in [0.5, 0.6) is 0 Å². The Bertz CT molecular complexity index is 723. The van der Waals surface area contributed by atoms with Gasteiger partial charge in [-0.2, -0.15) is 4.31 Å². The molecule has 1 N–H and O–H groups in total. The normalized spacial score (nSPS) is 24.1. The van der Waals surface area contributed by atoms with E-state index in [0.717, 1.165) is 19.3 Å². The number of hydrogen-bond acceptors (Lipinski definition) is 5. The number of esters is 1. The van der Waals surface area contributed by atoms with E-state index in [1.54, 1.807) is 29.4 Å². The molecular formula is C16H23ClN2O4S. The van der Waals surface area contributed by atoms with E-state index in [-0.39, 0.29) is 23.3 Å². The first-order valence-electron chi connectivity index (χ1n) is 7.87. The average molecular weight is 375 g/mol. The van der Waals surface area contributed by atoms with Crippen molar-refractivity contribution in [1.82, 2.24) is 9.62 Å². The zero-order chi connectivity index (χ0) is 16.6. The third-order valence-electron chi connectivity index (χ3n) is 4.79. The highest BCUT2D eigenvalue weighted by Gasteiger charge is 2.35. The fourth-order valence-electron chi connectivity index (χ4n) is 3.49. The van der Waals surface area contributed by atoms with Crippen LogP contribution in [0.15, 0.2) is 23.1 Å². The third kappa shape index (κ3) is 3.44. The van der Waals surface area contributed by atoms with Gasteiger partial charge in [0, 0.05) is 25.2 Å². The molecule has 3 rings (SSSR count). The average Bonchev–Trinajstić information content (AvgIpc) is 2.85. The van der Waals surface area contributed by atoms with Crippen molar-refractivity contribution in [3.05, 3.63) is 29.3 Å². The molecule has 0 spiro atoms. The van der Waals surface area contributed by atoms with Gasteiger partial charge in [0.1, 0.15) is 0 Å². The van der Waals surface area contributed by atoms with Crippen LogP contribution in [-0.2, 0) is 14.8 Å². The van der Waals surface area contributed by atoms with Crippen molar-refractivity contribution in [3.63, 3.8) is 0 Å². The van der Waals surface area contributed by atoms with Gasteiger partial charge in [0.05, 0.1) is 17.6 Å². The zero-order valence-corrected chi connectivity index (χ0v) is 15.5. The third-order valence-corrected chi connectivity index (χ3v) is 6.80. The Kier molecular flexibility index (Phi) is 5.91. The summed E-state index contributed by atoms with van der Waals surface area (Å²) in [6.45, 7) is 2.65. The number of fused-ring (bicyclic) bond motifs is 2. The lowest BCUT2D eigenvalue weighted by Crippen LogP contribution is -2.39. The first-order valence-corrected chi connectivity index (χ1v) is 9.31. The number of benzene rings is 1. The zero-order valence-electron chi connectivity index (χ0n) is 13.8. The molecule has 0 aromatic heterocycles. The quantitative estimate of drug-likeness (QED) is 0.815. The number of carbonyl (C=O) groups excluding carboxylic acids is 1. The van der Waals surface area contributed by atoms with E-state index >= 15 is 0 Å². The number of methoxy groups -OCH3 is 1. The molecule has 134 valence electrons. The van der Waals surface area contributed by atoms with E-state index in [4.69, 9.17) is 4.74 Å². The number of rotatable bonds is 3. The summed E-state index contributed by atoms with van der Waals surface area (Å²) in [4.78, 5) is 12.0. The molecule has 6 nitrogen and oxygen atoms in total. The monoisotopic (exact) mass is 374 g/mol. The topological polar surface area (TPSA) is 75.7 Å². The highest BCUT2D eigenvalue weighted by molar-refractivity contribution is 7.89. The van der Waals surface area contributed by atoms with Gasteiger partial charge in [-0.1, -0.05) is 6.07 Å². The lowest BCUT2D eigenvalue weighted by molar-refractivity contribution is 0.0599. The number of ether oxygens (including phenoxy) is 1. The molecule has 24 heavy (non-hydrogen) atoms. The second kappa shape index (κ2) is 7.39. The summed E-state index contributed by atoms with van der Waals surface area (Å²) >= 11 is 0. The molecule has 1 aromatic carbocycles. The van der Waals surface area contributed by atoms with Crippen LogP contribution in [0.4, 0.5) is 0 Å². The van der Waals surface area contributed by atoms with E-state index in [2.05, 4.69) is 5.32 Å². The van der Waals surface area contributed by atoms with E-state index in [0.29, 0.717) is 30.3 Å². The minimum atomic E-state index is -3.62. The molecule has 0 saturated carbocycles. The number of carbonyl (C=O) groups is 1. The van der Waals surface area contributed by atoms with E-state index in [9.17, 15) is 13.2 Å². The predicted octanol–water partition coefficient (Wildman–Crippen LogP) is 1.72. The van der Waals surface area contributed by atoms with Crippen molar-refractivity contribution in [2.45, 2.75) is 43.2 Å². The summed E-state index contributed by atoms with van der Waals surface area (Å²) in [7, 11) is -2.33. The smallest absolute Gasteiger partial charge is 0.338 e. The highest BCUT2D eigenvalue weighted by Crippen LogP contribution is 2.27. The molecule has 2 aliphatic rings. The molecular weight excluding hydrogens is 352 g/mol. The Labute approximate surface area is 149 Å². The maximum Gasteiger partial charge on any atom is 0.338 e. The summed E-state index contributed by atoms with van der Waals surface area (Å²) < 4.78 is 32.4. The van der Waals surface area contributed by atoms with Crippen molar-refractivity contribution in [1.29, 1.82) is 0 Å². The number of nitrogens with one attached hydrogen (secondary N) is 1. The summed E-state index contributed by atoms with van der Waals surface area (Å²) in [6, 6.07) is 5.39. The van der Waals surface area contributed by atoms with Crippen LogP contribution in [0.25, 0.3) is 0 Å². The minimum absolute atomic E-state index is 0. The molecule has 2 saturated heterocycles. The first kappa shape index (κ1) is 19.2. The number of halogens is 1. The van der Waals surface area contributed by atoms with Crippen LogP contribution in [-0.4, -0.2) is 51.0 Å². The Balaban J connectivity index is 0.00000208. The van der Waals surface area contributed by atoms with E-state index in [1.165, 1.54) is 7.11 Å². The molecule has 2 fully saturated rings. The second-order valence-corrected chi connectivity index (χ2v) is 8.12. The first-order chi connectivity index (χ1) is 10.9. The number of nitrogens with zero attached hydrogens (tertiary/aromatic N) is 1. The fourth-order valence-corrected chi connectivity index (χ4v) is 5.24. The Morgan fingerprint density at radius 3 is 2.67 bits per heavy atom. The van der Waals surface area contributed by atoms with Crippen LogP contribution in [0.1, 0.15) is 35.2 Å². The summed E-state index contributed by atoms with van der Waals surface area (Å²) in [5.41, 5.74) is 0.741. The van der Waals surface area contributed by atoms with Gasteiger partial charge >= 0.3 is 5.97 Å².